The zero-order chi connectivity index (χ0) is 10.5. The molecule has 0 aliphatic carbocycles. The molecule has 5 N–H and O–H groups in total. The van der Waals surface area contributed by atoms with Crippen LogP contribution in [0.4, 0.5) is 0 Å². The average molecular weight is 219 g/mol. The Labute approximate surface area is 90.8 Å². The topological polar surface area (TPSA) is 77.8 Å². The largest absolute Gasteiger partial charge is 0.412 e. The van der Waals surface area contributed by atoms with Gasteiger partial charge in [0, 0.05) is 16.9 Å². The molecule has 0 radical (unpaired) electrons. The van der Waals surface area contributed by atoms with Gasteiger partial charge in [-0.2, -0.15) is 0 Å². The molecule has 1 rings (SSSR count). The molecular formula is C10H21NO2S. The SMILES string of the molecule is CC.CCN.O.OSc1ccccc1. The molecule has 0 aromatic heterocycles. The summed E-state index contributed by atoms with van der Waals surface area (Å²) in [4.78, 5) is 0.882. The van der Waals surface area contributed by atoms with Crippen LogP contribution in [-0.4, -0.2) is 16.6 Å². The number of rotatable bonds is 1. The van der Waals surface area contributed by atoms with E-state index >= 15 is 0 Å². The summed E-state index contributed by atoms with van der Waals surface area (Å²) in [7, 11) is 0. The quantitative estimate of drug-likeness (QED) is 0.712. The van der Waals surface area contributed by atoms with Gasteiger partial charge in [-0.15, -0.1) is 0 Å². The van der Waals surface area contributed by atoms with Crippen LogP contribution >= 0.6 is 12.0 Å². The molecule has 3 nitrogen and oxygen atoms in total. The van der Waals surface area contributed by atoms with Crippen LogP contribution in [0.1, 0.15) is 20.8 Å². The maximum Gasteiger partial charge on any atom is 0.0350 e. The summed E-state index contributed by atoms with van der Waals surface area (Å²) in [5, 5.41) is 0. The van der Waals surface area contributed by atoms with Gasteiger partial charge in [0.1, 0.15) is 0 Å². The maximum atomic E-state index is 8.45. The van der Waals surface area contributed by atoms with Crippen molar-refractivity contribution in [3.63, 3.8) is 0 Å². The standard InChI is InChI=1S/C6H6OS.C2H7N.C2H6.H2O/c7-8-6-4-2-1-3-5-6;1-2-3;1-2;/h1-5,7H;2-3H2,1H3;1-2H3;1H2. The first-order valence-electron chi connectivity index (χ1n) is 4.41. The molecule has 0 amide bonds. The van der Waals surface area contributed by atoms with Gasteiger partial charge in [0.15, 0.2) is 0 Å². The Kier molecular flexibility index (Phi) is 24.9. The molecule has 84 valence electrons. The third-order valence-electron chi connectivity index (χ3n) is 0.849. The summed E-state index contributed by atoms with van der Waals surface area (Å²) in [6.07, 6.45) is 0. The monoisotopic (exact) mass is 219 g/mol. The highest BCUT2D eigenvalue weighted by Gasteiger charge is 1.82. The van der Waals surface area contributed by atoms with Crippen molar-refractivity contribution in [1.29, 1.82) is 0 Å². The van der Waals surface area contributed by atoms with Crippen molar-refractivity contribution in [2.24, 2.45) is 5.73 Å². The molecule has 0 aliphatic heterocycles. The van der Waals surface area contributed by atoms with Crippen molar-refractivity contribution in [1.82, 2.24) is 0 Å². The molecule has 4 heteroatoms. The highest BCUT2D eigenvalue weighted by Crippen LogP contribution is 2.10. The van der Waals surface area contributed by atoms with Crippen LogP contribution < -0.4 is 5.73 Å². The Morgan fingerprint density at radius 1 is 1.21 bits per heavy atom. The molecule has 0 atom stereocenters. The fraction of sp³-hybridized carbons (Fsp3) is 0.400. The molecule has 0 aliphatic rings. The van der Waals surface area contributed by atoms with Crippen molar-refractivity contribution >= 4 is 12.0 Å². The minimum Gasteiger partial charge on any atom is -0.412 e. The molecule has 14 heavy (non-hydrogen) atoms. The van der Waals surface area contributed by atoms with Crippen LogP contribution in [0.2, 0.25) is 0 Å². The van der Waals surface area contributed by atoms with E-state index in [1.165, 1.54) is 0 Å². The van der Waals surface area contributed by atoms with Gasteiger partial charge < -0.3 is 15.8 Å². The Bertz CT molecular complexity index is 171. The van der Waals surface area contributed by atoms with Crippen LogP contribution in [-0.2, 0) is 0 Å². The molecule has 0 fully saturated rings. The van der Waals surface area contributed by atoms with Gasteiger partial charge >= 0.3 is 0 Å². The molecule has 0 saturated carbocycles. The predicted octanol–water partition coefficient (Wildman–Crippen LogP) is 2.42. The smallest absolute Gasteiger partial charge is 0.0350 e. The van der Waals surface area contributed by atoms with Crippen LogP contribution in [0.15, 0.2) is 35.2 Å². The number of hydrogen-bond acceptors (Lipinski definition) is 3. The van der Waals surface area contributed by atoms with Gasteiger partial charge in [-0.3, -0.25) is 0 Å². The predicted molar refractivity (Wildman–Crippen MR) is 64.6 cm³/mol. The van der Waals surface area contributed by atoms with E-state index in [9.17, 15) is 0 Å². The highest BCUT2D eigenvalue weighted by atomic mass is 32.2. The maximum absolute atomic E-state index is 8.45. The van der Waals surface area contributed by atoms with E-state index in [1.54, 1.807) is 0 Å². The van der Waals surface area contributed by atoms with E-state index in [4.69, 9.17) is 10.3 Å². The van der Waals surface area contributed by atoms with E-state index in [-0.39, 0.29) is 5.48 Å². The fourth-order valence-corrected chi connectivity index (χ4v) is 0.760. The van der Waals surface area contributed by atoms with Crippen molar-refractivity contribution < 1.29 is 10.0 Å². The van der Waals surface area contributed by atoms with Gasteiger partial charge in [-0.05, 0) is 18.7 Å². The van der Waals surface area contributed by atoms with Crippen LogP contribution in [0, 0.1) is 0 Å². The summed E-state index contributed by atoms with van der Waals surface area (Å²) in [5.41, 5.74) is 4.85. The molecule has 0 bridgehead atoms. The average Bonchev–Trinajstić information content (AvgIpc) is 2.23. The van der Waals surface area contributed by atoms with Crippen LogP contribution in [0.3, 0.4) is 0 Å². The summed E-state index contributed by atoms with van der Waals surface area (Å²) < 4.78 is 8.45. The van der Waals surface area contributed by atoms with Crippen molar-refractivity contribution in [2.45, 2.75) is 25.7 Å². The lowest BCUT2D eigenvalue weighted by Gasteiger charge is -1.87. The first kappa shape index (κ1) is 19.1. The summed E-state index contributed by atoms with van der Waals surface area (Å²) >= 11 is 0.769. The third-order valence-corrected chi connectivity index (χ3v) is 1.33. The van der Waals surface area contributed by atoms with E-state index in [0.29, 0.717) is 0 Å². The first-order chi connectivity index (χ1) is 6.35. The van der Waals surface area contributed by atoms with E-state index in [0.717, 1.165) is 23.5 Å². The minimum atomic E-state index is 0. The van der Waals surface area contributed by atoms with Gasteiger partial charge in [0.05, 0.1) is 0 Å². The first-order valence-corrected chi connectivity index (χ1v) is 5.19. The van der Waals surface area contributed by atoms with Gasteiger partial charge in [0.2, 0.25) is 0 Å². The lowest BCUT2D eigenvalue weighted by Crippen LogP contribution is -1.87. The summed E-state index contributed by atoms with van der Waals surface area (Å²) in [5.74, 6) is 0. The zero-order valence-corrected chi connectivity index (χ0v) is 9.84. The van der Waals surface area contributed by atoms with Crippen molar-refractivity contribution in [3.8, 4) is 0 Å². The van der Waals surface area contributed by atoms with E-state index in [1.807, 2.05) is 51.1 Å². The Morgan fingerprint density at radius 3 is 1.79 bits per heavy atom. The second-order valence-corrected chi connectivity index (χ2v) is 2.47. The van der Waals surface area contributed by atoms with E-state index in [2.05, 4.69) is 0 Å². The second kappa shape index (κ2) is 18.3. The van der Waals surface area contributed by atoms with E-state index < -0.39 is 0 Å². The molecule has 0 heterocycles. The summed E-state index contributed by atoms with van der Waals surface area (Å²) in [6.45, 7) is 6.65. The highest BCUT2D eigenvalue weighted by molar-refractivity contribution is 7.93. The van der Waals surface area contributed by atoms with Gasteiger partial charge in [-0.1, -0.05) is 39.0 Å². The molecular weight excluding hydrogens is 198 g/mol. The third kappa shape index (κ3) is 14.0. The second-order valence-electron chi connectivity index (χ2n) is 1.81. The van der Waals surface area contributed by atoms with Crippen molar-refractivity contribution in [2.75, 3.05) is 6.54 Å². The lowest BCUT2D eigenvalue weighted by atomic mass is 10.4. The molecule has 0 saturated heterocycles. The van der Waals surface area contributed by atoms with Crippen LogP contribution in [0.25, 0.3) is 0 Å². The summed E-state index contributed by atoms with van der Waals surface area (Å²) in [6, 6.07) is 9.40. The normalized spacial score (nSPS) is 6.93. The fourth-order valence-electron chi connectivity index (χ4n) is 0.481. The molecule has 0 spiro atoms. The Hall–Kier alpha value is -0.550. The molecule has 1 aromatic rings. The van der Waals surface area contributed by atoms with Gasteiger partial charge in [0.25, 0.3) is 0 Å². The number of benzene rings is 1. The van der Waals surface area contributed by atoms with Crippen LogP contribution in [0.5, 0.6) is 0 Å². The minimum absolute atomic E-state index is 0. The van der Waals surface area contributed by atoms with Gasteiger partial charge in [-0.25, -0.2) is 0 Å². The number of nitrogens with two attached hydrogens (primary N) is 1. The molecule has 1 aromatic carbocycles. The van der Waals surface area contributed by atoms with Crippen molar-refractivity contribution in [3.05, 3.63) is 30.3 Å². The Balaban J connectivity index is -0.000000176. The zero-order valence-electron chi connectivity index (χ0n) is 9.03. The molecule has 0 unspecified atom stereocenters. The number of hydrogen-bond donors (Lipinski definition) is 2. The Morgan fingerprint density at radius 2 is 1.57 bits per heavy atom. The lowest BCUT2D eigenvalue weighted by molar-refractivity contribution is 0.664.